The molecule has 0 bridgehead atoms. The van der Waals surface area contributed by atoms with Gasteiger partial charge in [-0.2, -0.15) is 0 Å². The van der Waals surface area contributed by atoms with Crippen LogP contribution >= 0.6 is 0 Å². The molecule has 0 aliphatic carbocycles. The van der Waals surface area contributed by atoms with E-state index in [1.54, 1.807) is 0 Å². The van der Waals surface area contributed by atoms with Crippen LogP contribution in [-0.4, -0.2) is 31.7 Å². The second kappa shape index (κ2) is 6.65. The van der Waals surface area contributed by atoms with Gasteiger partial charge in [0.05, 0.1) is 5.92 Å². The third-order valence-corrected chi connectivity index (χ3v) is 3.33. The Balaban J connectivity index is 1.72. The van der Waals surface area contributed by atoms with Crippen LogP contribution in [0.15, 0.2) is 30.3 Å². The monoisotopic (exact) mass is 284 g/mol. The molecule has 1 heterocycles. The Morgan fingerprint density at radius 2 is 2.15 bits per heavy atom. The highest BCUT2D eigenvalue weighted by Crippen LogP contribution is 2.29. The number of amides is 1. The van der Waals surface area contributed by atoms with Crippen LogP contribution in [0.25, 0.3) is 0 Å². The molecule has 0 radical (unpaired) electrons. The zero-order valence-electron chi connectivity index (χ0n) is 11.1. The predicted octanol–water partition coefficient (Wildman–Crippen LogP) is 2.16. The van der Waals surface area contributed by atoms with E-state index in [9.17, 15) is 13.6 Å². The molecule has 1 amide bonds. The largest absolute Gasteiger partial charge is 0.445 e. The van der Waals surface area contributed by atoms with Crippen LogP contribution in [0.1, 0.15) is 12.0 Å². The summed E-state index contributed by atoms with van der Waals surface area (Å²) in [7, 11) is 0. The van der Waals surface area contributed by atoms with Gasteiger partial charge in [0.2, 0.25) is 0 Å². The number of carbonyl (C=O) groups is 1. The number of hydrogen-bond donors (Lipinski definition) is 2. The zero-order chi connectivity index (χ0) is 14.4. The van der Waals surface area contributed by atoms with Gasteiger partial charge in [0.15, 0.2) is 0 Å². The molecule has 2 N–H and O–H groups in total. The summed E-state index contributed by atoms with van der Waals surface area (Å²) in [5.74, 6) is -3.63. The Morgan fingerprint density at radius 3 is 2.85 bits per heavy atom. The molecule has 4 nitrogen and oxygen atoms in total. The van der Waals surface area contributed by atoms with Crippen LogP contribution < -0.4 is 10.6 Å². The van der Waals surface area contributed by atoms with Gasteiger partial charge in [-0.15, -0.1) is 0 Å². The van der Waals surface area contributed by atoms with Crippen molar-refractivity contribution in [2.75, 3.05) is 19.6 Å². The molecule has 1 aliphatic rings. The van der Waals surface area contributed by atoms with E-state index in [1.165, 1.54) is 0 Å². The number of alkyl halides is 2. The van der Waals surface area contributed by atoms with E-state index in [4.69, 9.17) is 4.74 Å². The first-order chi connectivity index (χ1) is 9.58. The summed E-state index contributed by atoms with van der Waals surface area (Å²) in [6, 6.07) is 9.19. The lowest BCUT2D eigenvalue weighted by Gasteiger charge is -2.31. The highest BCUT2D eigenvalue weighted by atomic mass is 19.3. The summed E-state index contributed by atoms with van der Waals surface area (Å²) >= 11 is 0. The van der Waals surface area contributed by atoms with Crippen LogP contribution in [0.4, 0.5) is 13.6 Å². The number of nitrogens with one attached hydrogen (secondary N) is 2. The van der Waals surface area contributed by atoms with E-state index in [-0.39, 0.29) is 26.1 Å². The molecular weight excluding hydrogens is 266 g/mol. The lowest BCUT2D eigenvalue weighted by atomic mass is 9.95. The maximum atomic E-state index is 13.5. The first-order valence-electron chi connectivity index (χ1n) is 6.61. The van der Waals surface area contributed by atoms with Crippen molar-refractivity contribution < 1.29 is 18.3 Å². The first-order valence-corrected chi connectivity index (χ1v) is 6.61. The number of halogens is 2. The minimum Gasteiger partial charge on any atom is -0.445 e. The van der Waals surface area contributed by atoms with Gasteiger partial charge in [0, 0.05) is 26.1 Å². The Bertz CT molecular complexity index is 440. The zero-order valence-corrected chi connectivity index (χ0v) is 11.1. The number of carbonyl (C=O) groups excluding carboxylic acids is 1. The highest BCUT2D eigenvalue weighted by molar-refractivity contribution is 5.67. The van der Waals surface area contributed by atoms with E-state index < -0.39 is 17.9 Å². The van der Waals surface area contributed by atoms with Crippen molar-refractivity contribution in [1.29, 1.82) is 0 Å². The second-order valence-corrected chi connectivity index (χ2v) is 4.85. The molecule has 1 fully saturated rings. The van der Waals surface area contributed by atoms with Crippen LogP contribution in [0.3, 0.4) is 0 Å². The fourth-order valence-corrected chi connectivity index (χ4v) is 2.09. The summed E-state index contributed by atoms with van der Waals surface area (Å²) in [5, 5.41) is 5.30. The summed E-state index contributed by atoms with van der Waals surface area (Å²) in [4.78, 5) is 11.5. The van der Waals surface area contributed by atoms with Crippen molar-refractivity contribution in [2.24, 2.45) is 5.92 Å². The predicted molar refractivity (Wildman–Crippen MR) is 70.6 cm³/mol. The van der Waals surface area contributed by atoms with Crippen molar-refractivity contribution >= 4 is 6.09 Å². The SMILES string of the molecule is O=C(NCC1CNCCC1(F)F)OCc1ccccc1. The molecule has 2 rings (SSSR count). The summed E-state index contributed by atoms with van der Waals surface area (Å²) in [6.45, 7) is 0.549. The normalized spacial score (nSPS) is 21.2. The molecule has 110 valence electrons. The molecule has 1 saturated heterocycles. The van der Waals surface area contributed by atoms with E-state index in [1.807, 2.05) is 30.3 Å². The number of hydrogen-bond acceptors (Lipinski definition) is 3. The van der Waals surface area contributed by atoms with Gasteiger partial charge in [0.25, 0.3) is 5.92 Å². The molecule has 1 aromatic rings. The van der Waals surface area contributed by atoms with Crippen LogP contribution in [0, 0.1) is 5.92 Å². The molecule has 0 aromatic heterocycles. The summed E-state index contributed by atoms with van der Waals surface area (Å²) in [5.41, 5.74) is 0.854. The average Bonchev–Trinajstić information content (AvgIpc) is 2.44. The third-order valence-electron chi connectivity index (χ3n) is 3.33. The Kier molecular flexibility index (Phi) is 4.89. The minimum absolute atomic E-state index is 0.0897. The lowest BCUT2D eigenvalue weighted by molar-refractivity contribution is -0.0764. The van der Waals surface area contributed by atoms with E-state index in [0.717, 1.165) is 5.56 Å². The molecule has 1 atom stereocenters. The maximum absolute atomic E-state index is 13.5. The standard InChI is InChI=1S/C14H18F2N2O2/c15-14(16)6-7-17-8-12(14)9-18-13(19)20-10-11-4-2-1-3-5-11/h1-5,12,17H,6-10H2,(H,18,19). The van der Waals surface area contributed by atoms with E-state index in [2.05, 4.69) is 10.6 Å². The van der Waals surface area contributed by atoms with Crippen LogP contribution in [-0.2, 0) is 11.3 Å². The van der Waals surface area contributed by atoms with E-state index >= 15 is 0 Å². The summed E-state index contributed by atoms with van der Waals surface area (Å²) < 4.78 is 32.0. The van der Waals surface area contributed by atoms with Gasteiger partial charge in [-0.25, -0.2) is 13.6 Å². The average molecular weight is 284 g/mol. The van der Waals surface area contributed by atoms with Crippen molar-refractivity contribution in [3.8, 4) is 0 Å². The van der Waals surface area contributed by atoms with E-state index in [0.29, 0.717) is 6.54 Å². The highest BCUT2D eigenvalue weighted by Gasteiger charge is 2.41. The van der Waals surface area contributed by atoms with Crippen molar-refractivity contribution in [1.82, 2.24) is 10.6 Å². The fraction of sp³-hybridized carbons (Fsp3) is 0.500. The third kappa shape index (κ3) is 4.16. The second-order valence-electron chi connectivity index (χ2n) is 4.85. The number of benzene rings is 1. The minimum atomic E-state index is -2.74. The summed E-state index contributed by atoms with van der Waals surface area (Å²) in [6.07, 6.45) is -0.867. The molecule has 0 saturated carbocycles. The Labute approximate surface area is 116 Å². The van der Waals surface area contributed by atoms with Crippen molar-refractivity contribution in [3.63, 3.8) is 0 Å². The number of ether oxygens (including phenoxy) is 1. The number of alkyl carbamates (subject to hydrolysis) is 1. The van der Waals surface area contributed by atoms with Gasteiger partial charge in [0.1, 0.15) is 6.61 Å². The Hall–Kier alpha value is -1.69. The Morgan fingerprint density at radius 1 is 1.40 bits per heavy atom. The van der Waals surface area contributed by atoms with Gasteiger partial charge in [-0.1, -0.05) is 30.3 Å². The van der Waals surface area contributed by atoms with Gasteiger partial charge >= 0.3 is 6.09 Å². The lowest BCUT2D eigenvalue weighted by Crippen LogP contribution is -2.49. The topological polar surface area (TPSA) is 50.4 Å². The van der Waals surface area contributed by atoms with Crippen molar-refractivity contribution in [3.05, 3.63) is 35.9 Å². The first kappa shape index (κ1) is 14.7. The fourth-order valence-electron chi connectivity index (χ4n) is 2.09. The van der Waals surface area contributed by atoms with Crippen LogP contribution in [0.5, 0.6) is 0 Å². The number of piperidine rings is 1. The van der Waals surface area contributed by atoms with Gasteiger partial charge < -0.3 is 15.4 Å². The molecule has 6 heteroatoms. The quantitative estimate of drug-likeness (QED) is 0.891. The molecule has 1 aromatic carbocycles. The smallest absolute Gasteiger partial charge is 0.407 e. The maximum Gasteiger partial charge on any atom is 0.407 e. The molecule has 20 heavy (non-hydrogen) atoms. The van der Waals surface area contributed by atoms with Gasteiger partial charge in [-0.05, 0) is 5.56 Å². The molecule has 1 aliphatic heterocycles. The van der Waals surface area contributed by atoms with Gasteiger partial charge in [-0.3, -0.25) is 0 Å². The molecular formula is C14H18F2N2O2. The van der Waals surface area contributed by atoms with Crippen LogP contribution in [0.2, 0.25) is 0 Å². The molecule has 0 spiro atoms. The van der Waals surface area contributed by atoms with Crippen molar-refractivity contribution in [2.45, 2.75) is 19.0 Å². The molecule has 1 unspecified atom stereocenters. The number of rotatable bonds is 4.